The first-order valence-electron chi connectivity index (χ1n) is 6.95. The summed E-state index contributed by atoms with van der Waals surface area (Å²) in [4.78, 5) is 1.02. The maximum Gasteiger partial charge on any atom is 0.279 e. The Morgan fingerprint density at radius 2 is 2.15 bits per heavy atom. The van der Waals surface area contributed by atoms with E-state index >= 15 is 0 Å². The molecule has 116 valence electrons. The minimum absolute atomic E-state index is 0.194. The van der Waals surface area contributed by atoms with Crippen LogP contribution in [0.4, 0.5) is 0 Å². The van der Waals surface area contributed by atoms with E-state index in [-0.39, 0.29) is 6.04 Å². The van der Waals surface area contributed by atoms with Crippen LogP contribution in [0.2, 0.25) is 0 Å². The van der Waals surface area contributed by atoms with E-state index in [1.807, 2.05) is 24.4 Å². The normalized spacial score (nSPS) is 13.8. The third-order valence-corrected chi connectivity index (χ3v) is 5.67. The fourth-order valence-corrected chi connectivity index (χ4v) is 3.69. The molecule has 0 saturated carbocycles. The van der Waals surface area contributed by atoms with Gasteiger partial charge in [-0.05, 0) is 44.3 Å². The Kier molecular flexibility index (Phi) is 7.68. The standard InChI is InChI=1S/C13H25N3O2S2/c1-4-8-14-9-6-10-16(3)20(17,18)15-12(2)13-7-5-11-19-13/h5,7,11-12,14-15H,4,6,8-10H2,1-3H3. The summed E-state index contributed by atoms with van der Waals surface area (Å²) < 4.78 is 28.4. The van der Waals surface area contributed by atoms with Crippen molar-refractivity contribution in [2.45, 2.75) is 32.7 Å². The molecule has 1 aromatic rings. The maximum absolute atomic E-state index is 12.2. The van der Waals surface area contributed by atoms with Gasteiger partial charge < -0.3 is 5.32 Å². The lowest BCUT2D eigenvalue weighted by Gasteiger charge is -2.20. The summed E-state index contributed by atoms with van der Waals surface area (Å²) in [6.45, 7) is 6.31. The van der Waals surface area contributed by atoms with E-state index in [1.165, 1.54) is 4.31 Å². The molecule has 0 saturated heterocycles. The Hall–Kier alpha value is -0.470. The van der Waals surface area contributed by atoms with Gasteiger partial charge in [-0.15, -0.1) is 11.3 Å². The molecule has 0 spiro atoms. The number of thiophene rings is 1. The number of rotatable bonds is 10. The van der Waals surface area contributed by atoms with Crippen LogP contribution in [0.15, 0.2) is 17.5 Å². The van der Waals surface area contributed by atoms with Crippen LogP contribution < -0.4 is 10.0 Å². The van der Waals surface area contributed by atoms with Gasteiger partial charge >= 0.3 is 0 Å². The van der Waals surface area contributed by atoms with Gasteiger partial charge in [-0.25, -0.2) is 0 Å². The Morgan fingerprint density at radius 1 is 1.40 bits per heavy atom. The summed E-state index contributed by atoms with van der Waals surface area (Å²) >= 11 is 1.55. The van der Waals surface area contributed by atoms with Crippen molar-refractivity contribution in [3.8, 4) is 0 Å². The van der Waals surface area contributed by atoms with Gasteiger partial charge in [0.1, 0.15) is 0 Å². The summed E-state index contributed by atoms with van der Waals surface area (Å²) in [5, 5.41) is 5.21. The fraction of sp³-hybridized carbons (Fsp3) is 0.692. The van der Waals surface area contributed by atoms with E-state index in [0.29, 0.717) is 6.54 Å². The number of nitrogens with one attached hydrogen (secondary N) is 2. The van der Waals surface area contributed by atoms with E-state index in [2.05, 4.69) is 17.0 Å². The lowest BCUT2D eigenvalue weighted by molar-refractivity contribution is 0.439. The first kappa shape index (κ1) is 17.6. The van der Waals surface area contributed by atoms with Gasteiger partial charge in [0.25, 0.3) is 10.2 Å². The molecule has 0 aliphatic heterocycles. The molecule has 0 aromatic carbocycles. The molecule has 1 atom stereocenters. The molecule has 0 aliphatic carbocycles. The van der Waals surface area contributed by atoms with Crippen LogP contribution in [-0.2, 0) is 10.2 Å². The van der Waals surface area contributed by atoms with Gasteiger partial charge in [-0.2, -0.15) is 17.4 Å². The van der Waals surface area contributed by atoms with E-state index in [9.17, 15) is 8.42 Å². The van der Waals surface area contributed by atoms with Crippen molar-refractivity contribution in [1.82, 2.24) is 14.3 Å². The molecule has 0 aliphatic rings. The minimum atomic E-state index is -3.42. The summed E-state index contributed by atoms with van der Waals surface area (Å²) in [5.41, 5.74) is 0. The molecule has 0 amide bonds. The molecule has 5 nitrogen and oxygen atoms in total. The fourth-order valence-electron chi connectivity index (χ4n) is 1.76. The van der Waals surface area contributed by atoms with Gasteiger partial charge in [0.2, 0.25) is 0 Å². The van der Waals surface area contributed by atoms with Crippen molar-refractivity contribution < 1.29 is 8.42 Å². The van der Waals surface area contributed by atoms with Crippen molar-refractivity contribution in [2.24, 2.45) is 0 Å². The van der Waals surface area contributed by atoms with Gasteiger partial charge in [-0.3, -0.25) is 0 Å². The minimum Gasteiger partial charge on any atom is -0.317 e. The quantitative estimate of drug-likeness (QED) is 0.648. The second-order valence-electron chi connectivity index (χ2n) is 4.79. The van der Waals surface area contributed by atoms with Crippen LogP contribution in [0.1, 0.15) is 37.6 Å². The molecule has 20 heavy (non-hydrogen) atoms. The lowest BCUT2D eigenvalue weighted by Crippen LogP contribution is -2.40. The first-order valence-corrected chi connectivity index (χ1v) is 9.27. The highest BCUT2D eigenvalue weighted by molar-refractivity contribution is 7.87. The molecular formula is C13H25N3O2S2. The number of hydrogen-bond acceptors (Lipinski definition) is 4. The average Bonchev–Trinajstić information content (AvgIpc) is 2.91. The SMILES string of the molecule is CCCNCCCN(C)S(=O)(=O)NC(C)c1cccs1. The third-order valence-electron chi connectivity index (χ3n) is 2.96. The van der Waals surface area contributed by atoms with Crippen molar-refractivity contribution >= 4 is 21.5 Å². The zero-order chi connectivity index (χ0) is 15.0. The Bertz CT molecular complexity index is 460. The second kappa shape index (κ2) is 8.74. The number of nitrogens with zero attached hydrogens (tertiary/aromatic N) is 1. The molecule has 1 aromatic heterocycles. The molecule has 1 rings (SSSR count). The van der Waals surface area contributed by atoms with Crippen LogP contribution in [0.3, 0.4) is 0 Å². The van der Waals surface area contributed by atoms with Crippen LogP contribution in [0.5, 0.6) is 0 Å². The lowest BCUT2D eigenvalue weighted by atomic mass is 10.3. The highest BCUT2D eigenvalue weighted by atomic mass is 32.2. The Morgan fingerprint density at radius 3 is 2.75 bits per heavy atom. The molecule has 1 heterocycles. The summed E-state index contributed by atoms with van der Waals surface area (Å²) in [6.07, 6.45) is 1.90. The van der Waals surface area contributed by atoms with Gasteiger partial charge in [0.05, 0.1) is 6.04 Å². The largest absolute Gasteiger partial charge is 0.317 e. The van der Waals surface area contributed by atoms with E-state index in [0.717, 1.165) is 30.8 Å². The average molecular weight is 319 g/mol. The van der Waals surface area contributed by atoms with Gasteiger partial charge in [-0.1, -0.05) is 13.0 Å². The van der Waals surface area contributed by atoms with Crippen LogP contribution in [-0.4, -0.2) is 39.4 Å². The van der Waals surface area contributed by atoms with E-state index in [4.69, 9.17) is 0 Å². The smallest absolute Gasteiger partial charge is 0.279 e. The van der Waals surface area contributed by atoms with Crippen LogP contribution in [0.25, 0.3) is 0 Å². The van der Waals surface area contributed by atoms with Crippen molar-refractivity contribution in [3.63, 3.8) is 0 Å². The van der Waals surface area contributed by atoms with Crippen LogP contribution >= 0.6 is 11.3 Å². The van der Waals surface area contributed by atoms with E-state index in [1.54, 1.807) is 18.4 Å². The van der Waals surface area contributed by atoms with Gasteiger partial charge in [0.15, 0.2) is 0 Å². The maximum atomic E-state index is 12.2. The summed E-state index contributed by atoms with van der Waals surface area (Å²) in [5.74, 6) is 0. The number of hydrogen-bond donors (Lipinski definition) is 2. The topological polar surface area (TPSA) is 61.4 Å². The summed E-state index contributed by atoms with van der Waals surface area (Å²) in [7, 11) is -1.80. The van der Waals surface area contributed by atoms with Crippen molar-refractivity contribution in [2.75, 3.05) is 26.7 Å². The second-order valence-corrected chi connectivity index (χ2v) is 7.57. The molecule has 1 unspecified atom stereocenters. The predicted molar refractivity (Wildman–Crippen MR) is 85.2 cm³/mol. The monoisotopic (exact) mass is 319 g/mol. The van der Waals surface area contributed by atoms with Crippen molar-refractivity contribution in [3.05, 3.63) is 22.4 Å². The zero-order valence-corrected chi connectivity index (χ0v) is 14.1. The van der Waals surface area contributed by atoms with Crippen LogP contribution in [0, 0.1) is 0 Å². The zero-order valence-electron chi connectivity index (χ0n) is 12.4. The van der Waals surface area contributed by atoms with E-state index < -0.39 is 10.2 Å². The molecular weight excluding hydrogens is 294 g/mol. The molecule has 0 radical (unpaired) electrons. The van der Waals surface area contributed by atoms with Gasteiger partial charge in [0, 0.05) is 18.5 Å². The molecule has 0 bridgehead atoms. The molecule has 2 N–H and O–H groups in total. The third kappa shape index (κ3) is 5.88. The summed E-state index contributed by atoms with van der Waals surface area (Å²) in [6, 6.07) is 3.67. The molecule has 0 fully saturated rings. The highest BCUT2D eigenvalue weighted by Gasteiger charge is 2.20. The first-order chi connectivity index (χ1) is 9.47. The molecule has 7 heteroatoms. The van der Waals surface area contributed by atoms with Crippen molar-refractivity contribution in [1.29, 1.82) is 0 Å². The highest BCUT2D eigenvalue weighted by Crippen LogP contribution is 2.19. The predicted octanol–water partition coefficient (Wildman–Crippen LogP) is 1.97. The Balaban J connectivity index is 2.39. The Labute approximate surface area is 126 Å².